The number of amidine groups is 1. The summed E-state index contributed by atoms with van der Waals surface area (Å²) in [6.45, 7) is 6.37. The van der Waals surface area contributed by atoms with Crippen LogP contribution in [0.4, 0.5) is 0 Å². The smallest absolute Gasteiger partial charge is 0.163 e. The van der Waals surface area contributed by atoms with E-state index in [9.17, 15) is 0 Å². The molecule has 0 fully saturated rings. The molecule has 0 aromatic carbocycles. The maximum absolute atomic E-state index is 4.59. The zero-order chi connectivity index (χ0) is 9.35. The summed E-state index contributed by atoms with van der Waals surface area (Å²) in [4.78, 5) is 6.71. The Morgan fingerprint density at radius 3 is 2.58 bits per heavy atom. The van der Waals surface area contributed by atoms with Gasteiger partial charge < -0.3 is 4.90 Å². The molecule has 1 heterocycles. The van der Waals surface area contributed by atoms with Crippen molar-refractivity contribution in [2.75, 3.05) is 13.3 Å². The van der Waals surface area contributed by atoms with Crippen LogP contribution in [0.2, 0.25) is 0 Å². The van der Waals surface area contributed by atoms with E-state index in [1.807, 2.05) is 0 Å². The van der Waals surface area contributed by atoms with Gasteiger partial charge in [0.15, 0.2) is 5.17 Å². The lowest BCUT2D eigenvalue weighted by Gasteiger charge is -2.31. The highest BCUT2D eigenvalue weighted by Gasteiger charge is 2.22. The average Bonchev–Trinajstić information content (AvgIpc) is 1.96. The minimum atomic E-state index is -0.0328. The molecule has 1 aliphatic heterocycles. The maximum atomic E-state index is 4.59. The number of aliphatic imine (C=N–C) groups is 1. The Balaban J connectivity index is 2.97. The maximum Gasteiger partial charge on any atom is 0.163 e. The summed E-state index contributed by atoms with van der Waals surface area (Å²) in [7, 11) is 2.05. The van der Waals surface area contributed by atoms with Gasteiger partial charge in [-0.2, -0.15) is 0 Å². The van der Waals surface area contributed by atoms with Gasteiger partial charge in [-0.3, -0.25) is 4.99 Å². The molecule has 0 radical (unpaired) electrons. The van der Waals surface area contributed by atoms with Crippen LogP contribution in [0.25, 0.3) is 0 Å². The standard InChI is InChI=1S/C9H16N2S/c1-7-6-9(2,3)10-8(12-5)11(7)4/h6H,1-5H3. The predicted octanol–water partition coefficient (Wildman–Crippen LogP) is 2.33. The van der Waals surface area contributed by atoms with Crippen LogP contribution in [-0.2, 0) is 0 Å². The fourth-order valence-electron chi connectivity index (χ4n) is 1.30. The molecule has 0 amide bonds. The molecule has 1 rings (SSSR count). The lowest BCUT2D eigenvalue weighted by atomic mass is 10.0. The Morgan fingerprint density at radius 1 is 1.50 bits per heavy atom. The monoisotopic (exact) mass is 184 g/mol. The van der Waals surface area contributed by atoms with Gasteiger partial charge in [-0.15, -0.1) is 0 Å². The van der Waals surface area contributed by atoms with E-state index in [4.69, 9.17) is 0 Å². The van der Waals surface area contributed by atoms with Crippen molar-refractivity contribution in [2.24, 2.45) is 4.99 Å². The average molecular weight is 184 g/mol. The Morgan fingerprint density at radius 2 is 2.08 bits per heavy atom. The minimum absolute atomic E-state index is 0.0328. The van der Waals surface area contributed by atoms with Crippen molar-refractivity contribution in [3.63, 3.8) is 0 Å². The van der Waals surface area contributed by atoms with E-state index in [1.165, 1.54) is 5.70 Å². The number of allylic oxidation sites excluding steroid dienone is 1. The molecule has 0 aliphatic carbocycles. The van der Waals surface area contributed by atoms with Crippen molar-refractivity contribution in [2.45, 2.75) is 26.3 Å². The number of rotatable bonds is 0. The molecule has 0 spiro atoms. The molecule has 0 unspecified atom stereocenters. The van der Waals surface area contributed by atoms with E-state index in [0.717, 1.165) is 5.17 Å². The van der Waals surface area contributed by atoms with Gasteiger partial charge in [0.1, 0.15) is 0 Å². The van der Waals surface area contributed by atoms with Gasteiger partial charge in [0.2, 0.25) is 0 Å². The van der Waals surface area contributed by atoms with Crippen LogP contribution in [0.3, 0.4) is 0 Å². The van der Waals surface area contributed by atoms with Crippen molar-refractivity contribution in [3.05, 3.63) is 11.8 Å². The quantitative estimate of drug-likeness (QED) is 0.574. The van der Waals surface area contributed by atoms with Crippen LogP contribution in [0, 0.1) is 0 Å². The highest BCUT2D eigenvalue weighted by molar-refractivity contribution is 8.13. The molecule has 2 nitrogen and oxygen atoms in total. The molecule has 0 saturated heterocycles. The third kappa shape index (κ3) is 1.83. The number of hydrogen-bond donors (Lipinski definition) is 0. The zero-order valence-corrected chi connectivity index (χ0v) is 9.20. The molecule has 0 aromatic heterocycles. The second-order valence-corrected chi connectivity index (χ2v) is 4.37. The number of hydrogen-bond acceptors (Lipinski definition) is 3. The highest BCUT2D eigenvalue weighted by Crippen LogP contribution is 2.24. The fraction of sp³-hybridized carbons (Fsp3) is 0.667. The van der Waals surface area contributed by atoms with Gasteiger partial charge in [0.05, 0.1) is 5.54 Å². The van der Waals surface area contributed by atoms with Crippen molar-refractivity contribution in [1.82, 2.24) is 4.90 Å². The first-order valence-electron chi connectivity index (χ1n) is 4.03. The molecule has 3 heteroatoms. The van der Waals surface area contributed by atoms with Crippen LogP contribution < -0.4 is 0 Å². The predicted molar refractivity (Wildman–Crippen MR) is 56.5 cm³/mol. The first-order valence-corrected chi connectivity index (χ1v) is 5.26. The van der Waals surface area contributed by atoms with Gasteiger partial charge in [0, 0.05) is 12.7 Å². The molecule has 1 aliphatic rings. The van der Waals surface area contributed by atoms with Crippen LogP contribution in [0.1, 0.15) is 20.8 Å². The van der Waals surface area contributed by atoms with E-state index in [1.54, 1.807) is 11.8 Å². The van der Waals surface area contributed by atoms with Gasteiger partial charge in [-0.25, -0.2) is 0 Å². The second-order valence-electron chi connectivity index (χ2n) is 3.60. The van der Waals surface area contributed by atoms with Crippen molar-refractivity contribution in [3.8, 4) is 0 Å². The van der Waals surface area contributed by atoms with E-state index in [2.05, 4.69) is 50.0 Å². The fourth-order valence-corrected chi connectivity index (χ4v) is 2.04. The number of thioether (sulfide) groups is 1. The third-order valence-electron chi connectivity index (χ3n) is 1.94. The summed E-state index contributed by atoms with van der Waals surface area (Å²) in [6.07, 6.45) is 4.25. The van der Waals surface area contributed by atoms with Crippen LogP contribution in [0.15, 0.2) is 16.8 Å². The Labute approximate surface area is 78.7 Å². The van der Waals surface area contributed by atoms with Gasteiger partial charge in [-0.1, -0.05) is 11.8 Å². The van der Waals surface area contributed by atoms with E-state index in [0.29, 0.717) is 0 Å². The summed E-state index contributed by atoms with van der Waals surface area (Å²) >= 11 is 1.69. The normalized spacial score (nSPS) is 21.9. The minimum Gasteiger partial charge on any atom is -0.329 e. The van der Waals surface area contributed by atoms with Crippen LogP contribution >= 0.6 is 11.8 Å². The largest absolute Gasteiger partial charge is 0.329 e. The highest BCUT2D eigenvalue weighted by atomic mass is 32.2. The van der Waals surface area contributed by atoms with Gasteiger partial charge in [-0.05, 0) is 33.1 Å². The molecule has 0 saturated carbocycles. The van der Waals surface area contributed by atoms with Gasteiger partial charge >= 0.3 is 0 Å². The Bertz CT molecular complexity index is 241. The lowest BCUT2D eigenvalue weighted by molar-refractivity contribution is 0.544. The molecule has 0 atom stereocenters. The Hall–Kier alpha value is -0.440. The third-order valence-corrected chi connectivity index (χ3v) is 2.67. The molecular formula is C9H16N2S. The first-order chi connectivity index (χ1) is 5.46. The molecular weight excluding hydrogens is 168 g/mol. The number of nitrogens with zero attached hydrogens (tertiary/aromatic N) is 2. The molecule has 0 aromatic rings. The topological polar surface area (TPSA) is 15.6 Å². The molecule has 0 bridgehead atoms. The molecule has 0 N–H and O–H groups in total. The van der Waals surface area contributed by atoms with Crippen molar-refractivity contribution in [1.29, 1.82) is 0 Å². The summed E-state index contributed by atoms with van der Waals surface area (Å²) in [6, 6.07) is 0. The summed E-state index contributed by atoms with van der Waals surface area (Å²) in [5.41, 5.74) is 1.24. The lowest BCUT2D eigenvalue weighted by Crippen LogP contribution is -2.32. The van der Waals surface area contributed by atoms with E-state index >= 15 is 0 Å². The molecule has 12 heavy (non-hydrogen) atoms. The summed E-state index contributed by atoms with van der Waals surface area (Å²) in [5, 5.41) is 1.10. The van der Waals surface area contributed by atoms with Gasteiger partial charge in [0.25, 0.3) is 0 Å². The summed E-state index contributed by atoms with van der Waals surface area (Å²) < 4.78 is 0. The van der Waals surface area contributed by atoms with Crippen LogP contribution in [0.5, 0.6) is 0 Å². The first kappa shape index (κ1) is 9.65. The van der Waals surface area contributed by atoms with E-state index < -0.39 is 0 Å². The van der Waals surface area contributed by atoms with Crippen molar-refractivity contribution < 1.29 is 0 Å². The van der Waals surface area contributed by atoms with Crippen LogP contribution in [-0.4, -0.2) is 28.9 Å². The second kappa shape index (κ2) is 3.13. The SMILES string of the molecule is CSC1=NC(C)(C)C=C(C)N1C. The Kier molecular flexibility index (Phi) is 2.52. The van der Waals surface area contributed by atoms with Crippen molar-refractivity contribution >= 4 is 16.9 Å². The summed E-state index contributed by atoms with van der Waals surface area (Å²) in [5.74, 6) is 0. The zero-order valence-electron chi connectivity index (χ0n) is 8.38. The molecule has 68 valence electrons. The van der Waals surface area contributed by atoms with E-state index in [-0.39, 0.29) is 5.54 Å².